The molecule has 7 heteroatoms. The summed E-state index contributed by atoms with van der Waals surface area (Å²) in [6.45, 7) is 2.25. The molecule has 1 heterocycles. The molecule has 0 aliphatic carbocycles. The first-order valence-electron chi connectivity index (χ1n) is 4.05. The number of aromatic nitrogens is 1. The third kappa shape index (κ3) is 1.87. The first-order valence-corrected chi connectivity index (χ1v) is 4.05. The molecule has 1 rings (SSSR count). The van der Waals surface area contributed by atoms with Gasteiger partial charge in [-0.15, -0.1) is 0 Å². The summed E-state index contributed by atoms with van der Waals surface area (Å²) in [5, 5.41) is 20.9. The summed E-state index contributed by atoms with van der Waals surface area (Å²) >= 11 is 0. The van der Waals surface area contributed by atoms with E-state index >= 15 is 0 Å². The fourth-order valence-corrected chi connectivity index (χ4v) is 1.16. The minimum Gasteiger partial charge on any atom is -0.358 e. The first-order chi connectivity index (χ1) is 6.56. The molecular formula is C7H9N3O4. The lowest BCUT2D eigenvalue weighted by atomic mass is 10.5. The van der Waals surface area contributed by atoms with Gasteiger partial charge in [0, 0.05) is 0 Å². The highest BCUT2D eigenvalue weighted by Gasteiger charge is 2.21. The van der Waals surface area contributed by atoms with Gasteiger partial charge in [-0.2, -0.15) is 0 Å². The van der Waals surface area contributed by atoms with Crippen molar-refractivity contribution in [2.45, 2.75) is 19.9 Å². The van der Waals surface area contributed by atoms with Crippen molar-refractivity contribution in [3.63, 3.8) is 0 Å². The summed E-state index contributed by atoms with van der Waals surface area (Å²) in [5.74, 6) is -0.237. The molecule has 0 radical (unpaired) electrons. The van der Waals surface area contributed by atoms with Crippen LogP contribution in [0, 0.1) is 20.2 Å². The molecule has 0 unspecified atom stereocenters. The topological polar surface area (TPSA) is 91.2 Å². The standard InChI is InChI=1S/C7H9N3O4/c1-2-3-8-5-6(9(11)12)4-7(8)10(13)14/h4-5H,2-3H2,1H3. The number of aryl methyl sites for hydroxylation is 1. The molecule has 0 N–H and O–H groups in total. The van der Waals surface area contributed by atoms with E-state index in [2.05, 4.69) is 0 Å². The van der Waals surface area contributed by atoms with Crippen molar-refractivity contribution in [3.8, 4) is 0 Å². The maximum absolute atomic E-state index is 10.5. The number of hydrogen-bond acceptors (Lipinski definition) is 4. The van der Waals surface area contributed by atoms with E-state index in [-0.39, 0.29) is 11.5 Å². The molecule has 0 saturated heterocycles. The number of nitrogens with zero attached hydrogens (tertiary/aromatic N) is 3. The van der Waals surface area contributed by atoms with E-state index < -0.39 is 9.85 Å². The van der Waals surface area contributed by atoms with Crippen LogP contribution in [0.15, 0.2) is 12.3 Å². The summed E-state index contributed by atoms with van der Waals surface area (Å²) < 4.78 is 1.28. The van der Waals surface area contributed by atoms with Gasteiger partial charge in [0.1, 0.15) is 6.07 Å². The van der Waals surface area contributed by atoms with E-state index in [1.807, 2.05) is 6.92 Å². The lowest BCUT2D eigenvalue weighted by molar-refractivity contribution is -0.394. The maximum atomic E-state index is 10.5. The molecule has 0 amide bonds. The zero-order valence-corrected chi connectivity index (χ0v) is 7.54. The van der Waals surface area contributed by atoms with E-state index in [0.29, 0.717) is 13.0 Å². The summed E-state index contributed by atoms with van der Waals surface area (Å²) in [5.41, 5.74) is -0.245. The van der Waals surface area contributed by atoms with Crippen molar-refractivity contribution in [1.82, 2.24) is 4.57 Å². The zero-order chi connectivity index (χ0) is 10.7. The Balaban J connectivity index is 3.12. The summed E-state index contributed by atoms with van der Waals surface area (Å²) in [7, 11) is 0. The zero-order valence-electron chi connectivity index (χ0n) is 7.54. The Labute approximate surface area is 79.3 Å². The number of hydrogen-bond donors (Lipinski definition) is 0. The van der Waals surface area contributed by atoms with Crippen LogP contribution in [-0.2, 0) is 6.54 Å². The Kier molecular flexibility index (Phi) is 2.80. The molecule has 1 aromatic rings. The van der Waals surface area contributed by atoms with Gasteiger partial charge in [0.25, 0.3) is 0 Å². The molecule has 0 aliphatic heterocycles. The van der Waals surface area contributed by atoms with Crippen LogP contribution in [0.4, 0.5) is 11.5 Å². The predicted molar refractivity (Wildman–Crippen MR) is 48.0 cm³/mol. The smallest absolute Gasteiger partial charge is 0.330 e. The molecule has 0 bridgehead atoms. The Morgan fingerprint density at radius 2 is 2.00 bits per heavy atom. The minimum absolute atomic E-state index is 0.237. The Bertz CT molecular complexity index is 371. The SMILES string of the molecule is CCCn1cc([N+](=O)[O-])cc1[N+](=O)[O-]. The van der Waals surface area contributed by atoms with Crippen molar-refractivity contribution in [3.05, 3.63) is 32.5 Å². The predicted octanol–water partition coefficient (Wildman–Crippen LogP) is 1.71. The Morgan fingerprint density at radius 3 is 2.43 bits per heavy atom. The monoisotopic (exact) mass is 199 g/mol. The second kappa shape index (κ2) is 3.86. The Hall–Kier alpha value is -1.92. The molecule has 0 aromatic carbocycles. The first kappa shape index (κ1) is 10.2. The van der Waals surface area contributed by atoms with Gasteiger partial charge in [-0.3, -0.25) is 10.1 Å². The van der Waals surface area contributed by atoms with Crippen LogP contribution in [0.3, 0.4) is 0 Å². The van der Waals surface area contributed by atoms with Crippen LogP contribution < -0.4 is 0 Å². The van der Waals surface area contributed by atoms with Crippen molar-refractivity contribution in [2.75, 3.05) is 0 Å². The fraction of sp³-hybridized carbons (Fsp3) is 0.429. The summed E-state index contributed by atoms with van der Waals surface area (Å²) in [4.78, 5) is 19.6. The normalized spacial score (nSPS) is 10.1. The van der Waals surface area contributed by atoms with E-state index in [1.165, 1.54) is 10.8 Å². The summed E-state index contributed by atoms with van der Waals surface area (Å²) in [6, 6.07) is 0.968. The van der Waals surface area contributed by atoms with Gasteiger partial charge in [0.2, 0.25) is 0 Å². The van der Waals surface area contributed by atoms with Crippen LogP contribution in [0.5, 0.6) is 0 Å². The molecule has 0 fully saturated rings. The molecule has 0 spiro atoms. The van der Waals surface area contributed by atoms with Gasteiger partial charge in [0.05, 0.1) is 11.5 Å². The second-order valence-electron chi connectivity index (χ2n) is 2.76. The molecule has 7 nitrogen and oxygen atoms in total. The number of nitro groups is 2. The molecule has 14 heavy (non-hydrogen) atoms. The van der Waals surface area contributed by atoms with Crippen LogP contribution >= 0.6 is 0 Å². The van der Waals surface area contributed by atoms with Crippen LogP contribution in [0.1, 0.15) is 13.3 Å². The minimum atomic E-state index is -0.640. The van der Waals surface area contributed by atoms with Gasteiger partial charge < -0.3 is 10.1 Å². The molecule has 0 aliphatic rings. The van der Waals surface area contributed by atoms with Crippen molar-refractivity contribution >= 4 is 11.5 Å². The third-order valence-corrected chi connectivity index (χ3v) is 1.72. The van der Waals surface area contributed by atoms with Gasteiger partial charge in [-0.25, -0.2) is 4.57 Å². The summed E-state index contributed by atoms with van der Waals surface area (Å²) in [6.07, 6.45) is 1.87. The highest BCUT2D eigenvalue weighted by molar-refractivity contribution is 5.39. The average molecular weight is 199 g/mol. The lowest BCUT2D eigenvalue weighted by Crippen LogP contribution is -2.00. The highest BCUT2D eigenvalue weighted by Crippen LogP contribution is 2.22. The van der Waals surface area contributed by atoms with Gasteiger partial charge >= 0.3 is 11.5 Å². The van der Waals surface area contributed by atoms with Crippen molar-refractivity contribution < 1.29 is 9.85 Å². The third-order valence-electron chi connectivity index (χ3n) is 1.72. The molecular weight excluding hydrogens is 190 g/mol. The molecule has 0 saturated carbocycles. The average Bonchev–Trinajstić information content (AvgIpc) is 2.49. The maximum Gasteiger partial charge on any atom is 0.330 e. The number of rotatable bonds is 4. The van der Waals surface area contributed by atoms with Crippen LogP contribution in [-0.4, -0.2) is 14.4 Å². The molecule has 0 atom stereocenters. The van der Waals surface area contributed by atoms with Gasteiger partial charge in [0.15, 0.2) is 6.20 Å². The lowest BCUT2D eigenvalue weighted by Gasteiger charge is -1.96. The quantitative estimate of drug-likeness (QED) is 0.545. The molecule has 1 aromatic heterocycles. The van der Waals surface area contributed by atoms with Crippen LogP contribution in [0.25, 0.3) is 0 Å². The Morgan fingerprint density at radius 1 is 1.36 bits per heavy atom. The van der Waals surface area contributed by atoms with E-state index in [1.54, 1.807) is 0 Å². The second-order valence-corrected chi connectivity index (χ2v) is 2.76. The highest BCUT2D eigenvalue weighted by atomic mass is 16.6. The van der Waals surface area contributed by atoms with Crippen molar-refractivity contribution in [2.24, 2.45) is 0 Å². The van der Waals surface area contributed by atoms with E-state index in [9.17, 15) is 20.2 Å². The van der Waals surface area contributed by atoms with Crippen LogP contribution in [0.2, 0.25) is 0 Å². The molecule has 76 valence electrons. The van der Waals surface area contributed by atoms with Gasteiger partial charge in [-0.1, -0.05) is 6.92 Å². The van der Waals surface area contributed by atoms with E-state index in [4.69, 9.17) is 0 Å². The van der Waals surface area contributed by atoms with Gasteiger partial charge in [-0.05, 0) is 11.3 Å². The largest absolute Gasteiger partial charge is 0.358 e. The van der Waals surface area contributed by atoms with Crippen molar-refractivity contribution in [1.29, 1.82) is 0 Å². The fourth-order valence-electron chi connectivity index (χ4n) is 1.16. The van der Waals surface area contributed by atoms with E-state index in [0.717, 1.165) is 6.07 Å².